The van der Waals surface area contributed by atoms with E-state index in [1.165, 1.54) is 11.6 Å². The van der Waals surface area contributed by atoms with Gasteiger partial charge >= 0.3 is 0 Å². The van der Waals surface area contributed by atoms with Crippen molar-refractivity contribution in [1.29, 1.82) is 0 Å². The van der Waals surface area contributed by atoms with Gasteiger partial charge < -0.3 is 10.6 Å². The summed E-state index contributed by atoms with van der Waals surface area (Å²) in [5.41, 5.74) is 8.44. The van der Waals surface area contributed by atoms with Crippen molar-refractivity contribution in [2.45, 2.75) is 13.5 Å². The van der Waals surface area contributed by atoms with E-state index < -0.39 is 0 Å². The Bertz CT molecular complexity index is 686. The number of rotatable bonds is 3. The molecule has 0 amide bonds. The molecule has 1 aromatic carbocycles. The first-order valence-corrected chi connectivity index (χ1v) is 7.50. The molecular weight excluding hydrogens is 278 g/mol. The molecule has 1 saturated heterocycles. The van der Waals surface area contributed by atoms with Gasteiger partial charge in [0.05, 0.1) is 0 Å². The number of anilines is 2. The molecule has 1 aromatic heterocycles. The highest BCUT2D eigenvalue weighted by Crippen LogP contribution is 2.13. The zero-order valence-corrected chi connectivity index (χ0v) is 12.7. The summed E-state index contributed by atoms with van der Waals surface area (Å²) in [6.07, 6.45) is 0. The van der Waals surface area contributed by atoms with Crippen LogP contribution in [-0.4, -0.2) is 41.0 Å². The number of piperazine rings is 1. The van der Waals surface area contributed by atoms with Crippen LogP contribution in [0.5, 0.6) is 0 Å². The summed E-state index contributed by atoms with van der Waals surface area (Å²) in [6.45, 7) is 6.38. The van der Waals surface area contributed by atoms with Crippen molar-refractivity contribution in [2.24, 2.45) is 0 Å². The molecule has 0 aliphatic carbocycles. The quantitative estimate of drug-likeness (QED) is 0.826. The SMILES string of the molecule is Cc1cc(=O)[nH]c(N2CCN(Cc3ccc(N)cc3)CC2)n1. The zero-order chi connectivity index (χ0) is 15.5. The maximum Gasteiger partial charge on any atom is 0.252 e. The Morgan fingerprint density at radius 2 is 1.86 bits per heavy atom. The van der Waals surface area contributed by atoms with E-state index in [2.05, 4.69) is 31.9 Å². The fraction of sp³-hybridized carbons (Fsp3) is 0.375. The molecule has 116 valence electrons. The van der Waals surface area contributed by atoms with Crippen LogP contribution < -0.4 is 16.2 Å². The van der Waals surface area contributed by atoms with E-state index in [1.54, 1.807) is 0 Å². The van der Waals surface area contributed by atoms with E-state index in [0.717, 1.165) is 44.1 Å². The Balaban J connectivity index is 1.60. The van der Waals surface area contributed by atoms with Crippen molar-refractivity contribution >= 4 is 11.6 Å². The van der Waals surface area contributed by atoms with Crippen LogP contribution in [0.4, 0.5) is 11.6 Å². The summed E-state index contributed by atoms with van der Waals surface area (Å²) >= 11 is 0. The van der Waals surface area contributed by atoms with Crippen molar-refractivity contribution in [3.8, 4) is 0 Å². The number of nitrogens with zero attached hydrogens (tertiary/aromatic N) is 3. The van der Waals surface area contributed by atoms with Gasteiger partial charge in [-0.15, -0.1) is 0 Å². The predicted octanol–water partition coefficient (Wildman–Crippen LogP) is 0.983. The van der Waals surface area contributed by atoms with Gasteiger partial charge in [0.2, 0.25) is 5.95 Å². The lowest BCUT2D eigenvalue weighted by atomic mass is 10.2. The van der Waals surface area contributed by atoms with Gasteiger partial charge in [-0.05, 0) is 24.6 Å². The Kier molecular flexibility index (Phi) is 4.11. The van der Waals surface area contributed by atoms with Crippen LogP contribution in [0.1, 0.15) is 11.3 Å². The molecule has 1 aliphatic rings. The third-order valence-electron chi connectivity index (χ3n) is 3.91. The Morgan fingerprint density at radius 3 is 2.50 bits per heavy atom. The molecule has 1 fully saturated rings. The zero-order valence-electron chi connectivity index (χ0n) is 12.7. The number of nitrogens with two attached hydrogens (primary N) is 1. The molecule has 6 heteroatoms. The van der Waals surface area contributed by atoms with Gasteiger partial charge in [-0.25, -0.2) is 4.98 Å². The first kappa shape index (κ1) is 14.6. The van der Waals surface area contributed by atoms with E-state index in [0.29, 0.717) is 5.95 Å². The minimum Gasteiger partial charge on any atom is -0.399 e. The van der Waals surface area contributed by atoms with Crippen molar-refractivity contribution in [2.75, 3.05) is 36.8 Å². The number of H-pyrrole nitrogens is 1. The molecule has 0 unspecified atom stereocenters. The van der Waals surface area contributed by atoms with Crippen molar-refractivity contribution in [3.63, 3.8) is 0 Å². The van der Waals surface area contributed by atoms with Crippen LogP contribution in [0, 0.1) is 6.92 Å². The summed E-state index contributed by atoms with van der Waals surface area (Å²) < 4.78 is 0. The maximum atomic E-state index is 11.5. The van der Waals surface area contributed by atoms with Crippen molar-refractivity contribution < 1.29 is 0 Å². The number of nitrogen functional groups attached to an aromatic ring is 1. The number of benzene rings is 1. The minimum absolute atomic E-state index is 0.0909. The van der Waals surface area contributed by atoms with Crippen LogP contribution in [0.15, 0.2) is 35.1 Å². The molecule has 0 bridgehead atoms. The Labute approximate surface area is 129 Å². The van der Waals surface area contributed by atoms with Crippen LogP contribution >= 0.6 is 0 Å². The van der Waals surface area contributed by atoms with Crippen LogP contribution in [0.3, 0.4) is 0 Å². The number of hydrogen-bond donors (Lipinski definition) is 2. The highest BCUT2D eigenvalue weighted by atomic mass is 16.1. The number of hydrogen-bond acceptors (Lipinski definition) is 5. The summed E-state index contributed by atoms with van der Waals surface area (Å²) in [6, 6.07) is 9.53. The van der Waals surface area contributed by atoms with E-state index in [4.69, 9.17) is 5.73 Å². The fourth-order valence-corrected chi connectivity index (χ4v) is 2.71. The normalized spacial score (nSPS) is 16.0. The largest absolute Gasteiger partial charge is 0.399 e. The number of aromatic amines is 1. The molecule has 0 saturated carbocycles. The molecule has 22 heavy (non-hydrogen) atoms. The maximum absolute atomic E-state index is 11.5. The molecule has 3 N–H and O–H groups in total. The molecular formula is C16H21N5O. The molecule has 0 spiro atoms. The Hall–Kier alpha value is -2.34. The van der Waals surface area contributed by atoms with Gasteiger partial charge in [-0.3, -0.25) is 14.7 Å². The lowest BCUT2D eigenvalue weighted by molar-refractivity contribution is 0.248. The van der Waals surface area contributed by atoms with Crippen LogP contribution in [-0.2, 0) is 6.54 Å². The lowest BCUT2D eigenvalue weighted by Gasteiger charge is -2.35. The lowest BCUT2D eigenvalue weighted by Crippen LogP contribution is -2.47. The number of aryl methyl sites for hydroxylation is 1. The van der Waals surface area contributed by atoms with E-state index in [1.807, 2.05) is 19.1 Å². The molecule has 2 aromatic rings. The van der Waals surface area contributed by atoms with Gasteiger partial charge in [0.1, 0.15) is 0 Å². The summed E-state index contributed by atoms with van der Waals surface area (Å²) in [4.78, 5) is 23.3. The standard InChI is InChI=1S/C16H21N5O/c1-12-10-15(22)19-16(18-12)21-8-6-20(7-9-21)11-13-2-4-14(17)5-3-13/h2-5,10H,6-9,11,17H2,1H3,(H,18,19,22). The highest BCUT2D eigenvalue weighted by molar-refractivity contribution is 5.39. The third-order valence-corrected chi connectivity index (χ3v) is 3.91. The average molecular weight is 299 g/mol. The third kappa shape index (κ3) is 3.46. The molecule has 6 nitrogen and oxygen atoms in total. The topological polar surface area (TPSA) is 78.2 Å². The summed E-state index contributed by atoms with van der Waals surface area (Å²) in [7, 11) is 0. The molecule has 3 rings (SSSR count). The number of aromatic nitrogens is 2. The highest BCUT2D eigenvalue weighted by Gasteiger charge is 2.18. The van der Waals surface area contributed by atoms with E-state index in [9.17, 15) is 4.79 Å². The second-order valence-electron chi connectivity index (χ2n) is 5.72. The van der Waals surface area contributed by atoms with Crippen molar-refractivity contribution in [1.82, 2.24) is 14.9 Å². The molecule has 1 aliphatic heterocycles. The first-order chi connectivity index (χ1) is 10.6. The van der Waals surface area contributed by atoms with Gasteiger partial charge in [0.15, 0.2) is 0 Å². The van der Waals surface area contributed by atoms with Gasteiger partial charge in [-0.2, -0.15) is 0 Å². The Morgan fingerprint density at radius 1 is 1.18 bits per heavy atom. The van der Waals surface area contributed by atoms with E-state index in [-0.39, 0.29) is 5.56 Å². The van der Waals surface area contributed by atoms with Crippen LogP contribution in [0.25, 0.3) is 0 Å². The van der Waals surface area contributed by atoms with Crippen molar-refractivity contribution in [3.05, 3.63) is 51.9 Å². The molecule has 0 radical (unpaired) electrons. The number of nitrogens with one attached hydrogen (secondary N) is 1. The van der Waals surface area contributed by atoms with Gasteiger partial charge in [-0.1, -0.05) is 12.1 Å². The van der Waals surface area contributed by atoms with E-state index >= 15 is 0 Å². The fourth-order valence-electron chi connectivity index (χ4n) is 2.71. The summed E-state index contributed by atoms with van der Waals surface area (Å²) in [5.74, 6) is 0.678. The predicted molar refractivity (Wildman–Crippen MR) is 87.9 cm³/mol. The second-order valence-corrected chi connectivity index (χ2v) is 5.72. The average Bonchev–Trinajstić information content (AvgIpc) is 2.49. The van der Waals surface area contributed by atoms with Crippen LogP contribution in [0.2, 0.25) is 0 Å². The van der Waals surface area contributed by atoms with Gasteiger partial charge in [0.25, 0.3) is 5.56 Å². The molecule has 2 heterocycles. The first-order valence-electron chi connectivity index (χ1n) is 7.50. The van der Waals surface area contributed by atoms with Gasteiger partial charge in [0, 0.05) is 50.2 Å². The molecule has 0 atom stereocenters. The second kappa shape index (κ2) is 6.19. The minimum atomic E-state index is -0.0909. The smallest absolute Gasteiger partial charge is 0.252 e. The summed E-state index contributed by atoms with van der Waals surface area (Å²) in [5, 5.41) is 0. The monoisotopic (exact) mass is 299 g/mol.